The number of anilines is 6. The maximum absolute atomic E-state index is 2.70. The second-order valence-corrected chi connectivity index (χ2v) is 29.4. The van der Waals surface area contributed by atoms with Crippen LogP contribution in [0.3, 0.4) is 0 Å². The summed E-state index contributed by atoms with van der Waals surface area (Å²) in [5.74, 6) is 0. The molecule has 0 bridgehead atoms. The van der Waals surface area contributed by atoms with Crippen LogP contribution in [0.4, 0.5) is 34.1 Å². The maximum atomic E-state index is 2.70. The average molecular weight is 1180 g/mol. The Morgan fingerprint density at radius 1 is 0.231 bits per heavy atom. The lowest BCUT2D eigenvalue weighted by Crippen LogP contribution is -2.61. The summed E-state index contributed by atoms with van der Waals surface area (Å²) >= 11 is 0. The zero-order valence-electron chi connectivity index (χ0n) is 55.0. The molecule has 2 heterocycles. The molecule has 0 radical (unpaired) electrons. The Balaban J connectivity index is 1.19. The number of nitrogens with zero attached hydrogens (tertiary/aromatic N) is 2. The molecule has 0 N–H and O–H groups in total. The van der Waals surface area contributed by atoms with Gasteiger partial charge < -0.3 is 9.80 Å². The molecule has 0 saturated carbocycles. The fraction of sp³-hybridized carbons (Fsp3) is 0.182. The molecule has 0 saturated heterocycles. The molecule has 0 fully saturated rings. The predicted octanol–water partition coefficient (Wildman–Crippen LogP) is 22.6. The highest BCUT2D eigenvalue weighted by Gasteiger charge is 2.46. The van der Waals surface area contributed by atoms with E-state index in [4.69, 9.17) is 0 Å². The zero-order valence-corrected chi connectivity index (χ0v) is 55.0. The number of hydrogen-bond donors (Lipinski definition) is 0. The summed E-state index contributed by atoms with van der Waals surface area (Å²) in [4.78, 5) is 5.40. The van der Waals surface area contributed by atoms with Crippen molar-refractivity contribution in [3.63, 3.8) is 0 Å². The van der Waals surface area contributed by atoms with E-state index in [0.717, 1.165) is 78.6 Å². The van der Waals surface area contributed by atoms with Crippen molar-refractivity contribution in [3.05, 3.63) is 295 Å². The summed E-state index contributed by atoms with van der Waals surface area (Å²) in [5.41, 5.74) is 32.0. The van der Waals surface area contributed by atoms with Gasteiger partial charge in [-0.25, -0.2) is 0 Å². The molecule has 91 heavy (non-hydrogen) atoms. The van der Waals surface area contributed by atoms with Crippen LogP contribution >= 0.6 is 0 Å². The van der Waals surface area contributed by atoms with Gasteiger partial charge in [-0.3, -0.25) is 0 Å². The Kier molecular flexibility index (Phi) is 14.7. The Labute approximate surface area is 541 Å². The minimum atomic E-state index is -0.210. The molecule has 12 aromatic carbocycles. The SMILES string of the molecule is CC(C)(C)c1cccc(-c2ccc3c(c2)N(c2c(-c4ccccc4)cccc2-c2ccccc2)c2cc(-c4ccc(C(C)(C)C)cc4C(C)(C)C)cc4c2B3c2ccc(-c3cccc(C(C)(C)C)c3)cc2N4c2c(-c3ccccc3)cccc2-c2ccccc2)c1. The molecule has 3 heteroatoms. The highest BCUT2D eigenvalue weighted by Crippen LogP contribution is 2.55. The van der Waals surface area contributed by atoms with Gasteiger partial charge in [0.1, 0.15) is 0 Å². The van der Waals surface area contributed by atoms with E-state index >= 15 is 0 Å². The van der Waals surface area contributed by atoms with Crippen molar-refractivity contribution in [2.75, 3.05) is 9.80 Å². The van der Waals surface area contributed by atoms with Crippen molar-refractivity contribution >= 4 is 57.2 Å². The molecule has 0 unspecified atom stereocenters. The van der Waals surface area contributed by atoms with Crippen LogP contribution in [0.2, 0.25) is 0 Å². The van der Waals surface area contributed by atoms with Gasteiger partial charge in [0.2, 0.25) is 0 Å². The van der Waals surface area contributed by atoms with E-state index in [1.807, 2.05) is 0 Å². The first-order valence-corrected chi connectivity index (χ1v) is 32.6. The quantitative estimate of drug-likeness (QED) is 0.133. The van der Waals surface area contributed by atoms with E-state index in [1.54, 1.807) is 0 Å². The lowest BCUT2D eigenvalue weighted by molar-refractivity contribution is 0.570. The standard InChI is InChI=1S/C88H81BN2/c1-85(2,3)67-39-25-37-62(51-67)64-45-49-76-78(53-64)90(83-71(58-29-17-13-18-30-58)41-27-42-72(83)59-31-19-14-20-32-59)80-55-66(70-48-47-69(87(7,8)9)57-75(70)88(10,11)12)56-81-82(80)89(76)77-50-46-65(63-38-26-40-68(52-63)86(4,5)6)54-79(77)91(81)84-73(60-33-21-15-22-34-60)43-28-44-74(84)61-35-23-16-24-36-61/h13-57H,1-12H3. The summed E-state index contributed by atoms with van der Waals surface area (Å²) < 4.78 is 0. The summed E-state index contributed by atoms with van der Waals surface area (Å²) in [6, 6.07) is 104. The lowest BCUT2D eigenvalue weighted by atomic mass is 9.33. The van der Waals surface area contributed by atoms with Gasteiger partial charge >= 0.3 is 0 Å². The van der Waals surface area contributed by atoms with Gasteiger partial charge in [-0.15, -0.1) is 0 Å². The molecule has 2 aliphatic rings. The molecule has 0 atom stereocenters. The monoisotopic (exact) mass is 1180 g/mol. The van der Waals surface area contributed by atoms with Crippen molar-refractivity contribution < 1.29 is 0 Å². The molecule has 446 valence electrons. The predicted molar refractivity (Wildman–Crippen MR) is 393 cm³/mol. The van der Waals surface area contributed by atoms with Crippen molar-refractivity contribution in [2.24, 2.45) is 0 Å². The van der Waals surface area contributed by atoms with E-state index in [1.165, 1.54) is 72.0 Å². The Bertz CT molecular complexity index is 4350. The maximum Gasteiger partial charge on any atom is 0.252 e. The second-order valence-electron chi connectivity index (χ2n) is 29.4. The molecule has 12 aromatic rings. The molecule has 0 aromatic heterocycles. The normalized spacial score (nSPS) is 13.0. The summed E-state index contributed by atoms with van der Waals surface area (Å²) in [7, 11) is 0. The summed E-state index contributed by atoms with van der Waals surface area (Å²) in [6.45, 7) is 27.9. The molecular formula is C88H81BN2. The molecule has 2 nitrogen and oxygen atoms in total. The molecule has 14 rings (SSSR count). The first-order chi connectivity index (χ1) is 43.7. The summed E-state index contributed by atoms with van der Waals surface area (Å²) in [6.07, 6.45) is 0. The van der Waals surface area contributed by atoms with Crippen LogP contribution in [0.15, 0.2) is 273 Å². The number of hydrogen-bond acceptors (Lipinski definition) is 2. The van der Waals surface area contributed by atoms with Crippen LogP contribution in [0, 0.1) is 0 Å². The van der Waals surface area contributed by atoms with Crippen LogP contribution in [-0.4, -0.2) is 6.71 Å². The van der Waals surface area contributed by atoms with Crippen LogP contribution < -0.4 is 26.2 Å². The van der Waals surface area contributed by atoms with Gasteiger partial charge in [-0.2, -0.15) is 0 Å². The molecular weight excluding hydrogens is 1100 g/mol. The van der Waals surface area contributed by atoms with E-state index < -0.39 is 0 Å². The van der Waals surface area contributed by atoms with Gasteiger partial charge in [-0.1, -0.05) is 332 Å². The van der Waals surface area contributed by atoms with Crippen LogP contribution in [0.25, 0.3) is 77.9 Å². The van der Waals surface area contributed by atoms with E-state index in [-0.39, 0.29) is 28.4 Å². The zero-order chi connectivity index (χ0) is 63.1. The Morgan fingerprint density at radius 3 is 0.901 bits per heavy atom. The van der Waals surface area contributed by atoms with Gasteiger partial charge in [0.05, 0.1) is 11.4 Å². The third-order valence-electron chi connectivity index (χ3n) is 19.1. The van der Waals surface area contributed by atoms with Gasteiger partial charge in [0, 0.05) is 45.0 Å². The Morgan fingerprint density at radius 2 is 0.549 bits per heavy atom. The highest BCUT2D eigenvalue weighted by molar-refractivity contribution is 7.00. The van der Waals surface area contributed by atoms with Crippen molar-refractivity contribution in [2.45, 2.75) is 105 Å². The minimum absolute atomic E-state index is 0.0394. The second kappa shape index (κ2) is 22.7. The van der Waals surface area contributed by atoms with E-state index in [2.05, 4.69) is 366 Å². The fourth-order valence-electron chi connectivity index (χ4n) is 14.2. The lowest BCUT2D eigenvalue weighted by Gasteiger charge is -2.46. The first kappa shape index (κ1) is 59.0. The van der Waals surface area contributed by atoms with Gasteiger partial charge in [-0.05, 0) is 140 Å². The van der Waals surface area contributed by atoms with Crippen molar-refractivity contribution in [1.29, 1.82) is 0 Å². The third-order valence-corrected chi connectivity index (χ3v) is 19.1. The largest absolute Gasteiger partial charge is 0.310 e. The average Bonchev–Trinajstić information content (AvgIpc) is 0.689. The van der Waals surface area contributed by atoms with Crippen molar-refractivity contribution in [3.8, 4) is 77.9 Å². The van der Waals surface area contributed by atoms with E-state index in [0.29, 0.717) is 0 Å². The fourth-order valence-corrected chi connectivity index (χ4v) is 14.2. The van der Waals surface area contributed by atoms with Crippen molar-refractivity contribution in [1.82, 2.24) is 0 Å². The number of para-hydroxylation sites is 2. The first-order valence-electron chi connectivity index (χ1n) is 32.6. The van der Waals surface area contributed by atoms with Gasteiger partial charge in [0.25, 0.3) is 6.71 Å². The highest BCUT2D eigenvalue weighted by atomic mass is 15.2. The van der Waals surface area contributed by atoms with Crippen LogP contribution in [-0.2, 0) is 21.7 Å². The van der Waals surface area contributed by atoms with Gasteiger partial charge in [0.15, 0.2) is 0 Å². The molecule has 0 amide bonds. The van der Waals surface area contributed by atoms with Crippen LogP contribution in [0.1, 0.15) is 105 Å². The Hall–Kier alpha value is -9.70. The third kappa shape index (κ3) is 10.8. The topological polar surface area (TPSA) is 6.48 Å². The number of benzene rings is 12. The minimum Gasteiger partial charge on any atom is -0.310 e. The smallest absolute Gasteiger partial charge is 0.252 e. The number of fused-ring (bicyclic) bond motifs is 4. The molecule has 2 aliphatic heterocycles. The molecule has 0 spiro atoms. The van der Waals surface area contributed by atoms with E-state index in [9.17, 15) is 0 Å². The van der Waals surface area contributed by atoms with Crippen LogP contribution in [0.5, 0.6) is 0 Å². The summed E-state index contributed by atoms with van der Waals surface area (Å²) in [5, 5.41) is 0. The number of rotatable bonds is 9. The molecule has 0 aliphatic carbocycles.